The molecule has 1 N–H and O–H groups in total. The quantitative estimate of drug-likeness (QED) is 0.829. The summed E-state index contributed by atoms with van der Waals surface area (Å²) in [5, 5.41) is 3.23. The van der Waals surface area contributed by atoms with Gasteiger partial charge in [0.1, 0.15) is 4.90 Å². The Labute approximate surface area is 127 Å². The summed E-state index contributed by atoms with van der Waals surface area (Å²) < 4.78 is 28.9. The van der Waals surface area contributed by atoms with Crippen LogP contribution in [0.2, 0.25) is 0 Å². The van der Waals surface area contributed by atoms with Crippen LogP contribution in [0.4, 0.5) is 0 Å². The maximum Gasteiger partial charge on any atom is 0.244 e. The Morgan fingerprint density at radius 1 is 1.43 bits per heavy atom. The van der Waals surface area contributed by atoms with Crippen molar-refractivity contribution in [3.63, 3.8) is 0 Å². The Morgan fingerprint density at radius 2 is 2.14 bits per heavy atom. The molecule has 120 valence electrons. The number of nitrogens with zero attached hydrogens (tertiary/aromatic N) is 3. The summed E-state index contributed by atoms with van der Waals surface area (Å²) in [7, 11) is 2.51. The van der Waals surface area contributed by atoms with Gasteiger partial charge in [-0.1, -0.05) is 6.92 Å². The Bertz CT molecular complexity index is 580. The predicted octanol–water partition coefficient (Wildman–Crippen LogP) is 0.459. The second-order valence-electron chi connectivity index (χ2n) is 5.83. The van der Waals surface area contributed by atoms with Gasteiger partial charge in [0.25, 0.3) is 0 Å². The molecule has 1 aromatic rings. The molecule has 6 nitrogen and oxygen atoms in total. The van der Waals surface area contributed by atoms with Crippen LogP contribution < -0.4 is 5.32 Å². The molecule has 1 fully saturated rings. The number of hydrogen-bond acceptors (Lipinski definition) is 4. The number of rotatable bonds is 6. The van der Waals surface area contributed by atoms with Crippen molar-refractivity contribution in [2.75, 3.05) is 33.7 Å². The van der Waals surface area contributed by atoms with Crippen molar-refractivity contribution >= 4 is 10.0 Å². The second-order valence-corrected chi connectivity index (χ2v) is 7.77. The van der Waals surface area contributed by atoms with Gasteiger partial charge in [-0.25, -0.2) is 8.42 Å². The summed E-state index contributed by atoms with van der Waals surface area (Å²) in [6.07, 6.45) is 2.61. The van der Waals surface area contributed by atoms with Gasteiger partial charge >= 0.3 is 0 Å². The minimum atomic E-state index is -3.37. The number of hydrogen-bond donors (Lipinski definition) is 1. The van der Waals surface area contributed by atoms with Crippen molar-refractivity contribution in [1.82, 2.24) is 19.1 Å². The molecule has 7 heteroatoms. The van der Waals surface area contributed by atoms with Crippen LogP contribution in [0, 0.1) is 0 Å². The average molecular weight is 314 g/mol. The van der Waals surface area contributed by atoms with Gasteiger partial charge in [-0.05, 0) is 33.1 Å². The lowest BCUT2D eigenvalue weighted by atomic mass is 10.2. The van der Waals surface area contributed by atoms with E-state index in [2.05, 4.69) is 10.2 Å². The van der Waals surface area contributed by atoms with E-state index >= 15 is 0 Å². The van der Waals surface area contributed by atoms with Crippen molar-refractivity contribution in [1.29, 1.82) is 0 Å². The average Bonchev–Trinajstić information content (AvgIpc) is 3.03. The van der Waals surface area contributed by atoms with E-state index in [9.17, 15) is 8.42 Å². The zero-order valence-corrected chi connectivity index (χ0v) is 14.2. The van der Waals surface area contributed by atoms with Crippen LogP contribution in [-0.2, 0) is 23.6 Å². The van der Waals surface area contributed by atoms with Gasteiger partial charge < -0.3 is 14.8 Å². The zero-order chi connectivity index (χ0) is 15.6. The monoisotopic (exact) mass is 314 g/mol. The van der Waals surface area contributed by atoms with Gasteiger partial charge in [0, 0.05) is 44.6 Å². The SMILES string of the molecule is CCNCc1cc(S(=O)(=O)N2CCC(N(C)C)C2)cn1C. The molecule has 0 spiro atoms. The third kappa shape index (κ3) is 3.48. The first-order valence-corrected chi connectivity index (χ1v) is 8.82. The molecular weight excluding hydrogens is 288 g/mol. The minimum Gasteiger partial charge on any atom is -0.352 e. The largest absolute Gasteiger partial charge is 0.352 e. The van der Waals surface area contributed by atoms with E-state index in [4.69, 9.17) is 0 Å². The van der Waals surface area contributed by atoms with Crippen LogP contribution in [0.1, 0.15) is 19.0 Å². The first-order chi connectivity index (χ1) is 9.86. The maximum atomic E-state index is 12.7. The molecular formula is C14H26N4O2S. The van der Waals surface area contributed by atoms with Crippen LogP contribution in [0.25, 0.3) is 0 Å². The molecule has 2 heterocycles. The van der Waals surface area contributed by atoms with Crippen LogP contribution in [-0.4, -0.2) is 62.0 Å². The van der Waals surface area contributed by atoms with Gasteiger partial charge in [-0.15, -0.1) is 0 Å². The Balaban J connectivity index is 2.17. The van der Waals surface area contributed by atoms with Crippen molar-refractivity contribution in [2.45, 2.75) is 30.8 Å². The topological polar surface area (TPSA) is 57.6 Å². The fourth-order valence-corrected chi connectivity index (χ4v) is 4.23. The van der Waals surface area contributed by atoms with E-state index in [1.54, 1.807) is 16.6 Å². The maximum absolute atomic E-state index is 12.7. The van der Waals surface area contributed by atoms with E-state index < -0.39 is 10.0 Å². The standard InChI is InChI=1S/C14H26N4O2S/c1-5-15-9-13-8-14(11-17(13)4)21(19,20)18-7-6-12(10-18)16(2)3/h8,11-12,15H,5-7,9-10H2,1-4H3. The molecule has 1 unspecified atom stereocenters. The molecule has 0 radical (unpaired) electrons. The first kappa shape index (κ1) is 16.5. The van der Waals surface area contributed by atoms with Crippen molar-refractivity contribution < 1.29 is 8.42 Å². The van der Waals surface area contributed by atoms with Crippen LogP contribution >= 0.6 is 0 Å². The highest BCUT2D eigenvalue weighted by Crippen LogP contribution is 2.24. The Hall–Kier alpha value is -0.890. The van der Waals surface area contributed by atoms with Crippen molar-refractivity contribution in [3.8, 4) is 0 Å². The summed E-state index contributed by atoms with van der Waals surface area (Å²) in [5.74, 6) is 0. The zero-order valence-electron chi connectivity index (χ0n) is 13.3. The van der Waals surface area contributed by atoms with Gasteiger partial charge in [0.15, 0.2) is 0 Å². The molecule has 0 aromatic carbocycles. The van der Waals surface area contributed by atoms with Gasteiger partial charge in [-0.3, -0.25) is 0 Å². The van der Waals surface area contributed by atoms with Crippen LogP contribution in [0.15, 0.2) is 17.2 Å². The summed E-state index contributed by atoms with van der Waals surface area (Å²) in [6, 6.07) is 2.09. The second kappa shape index (κ2) is 6.48. The van der Waals surface area contributed by atoms with Gasteiger partial charge in [0.05, 0.1) is 0 Å². The van der Waals surface area contributed by atoms with Crippen LogP contribution in [0.3, 0.4) is 0 Å². The molecule has 1 aliphatic rings. The smallest absolute Gasteiger partial charge is 0.244 e. The molecule has 21 heavy (non-hydrogen) atoms. The fourth-order valence-electron chi connectivity index (χ4n) is 2.65. The molecule has 2 rings (SSSR count). The van der Waals surface area contributed by atoms with Gasteiger partial charge in [0.2, 0.25) is 10.0 Å². The minimum absolute atomic E-state index is 0.310. The third-order valence-corrected chi connectivity index (χ3v) is 5.96. The van der Waals surface area contributed by atoms with E-state index in [0.717, 1.165) is 18.7 Å². The summed E-state index contributed by atoms with van der Waals surface area (Å²) in [6.45, 7) is 4.76. The Morgan fingerprint density at radius 3 is 2.71 bits per heavy atom. The molecule has 0 saturated carbocycles. The van der Waals surface area contributed by atoms with Crippen molar-refractivity contribution in [3.05, 3.63) is 18.0 Å². The predicted molar refractivity (Wildman–Crippen MR) is 83.6 cm³/mol. The van der Waals surface area contributed by atoms with E-state index in [0.29, 0.717) is 30.6 Å². The molecule has 1 aliphatic heterocycles. The van der Waals surface area contributed by atoms with Crippen molar-refractivity contribution in [2.24, 2.45) is 7.05 Å². The highest BCUT2D eigenvalue weighted by molar-refractivity contribution is 7.89. The summed E-state index contributed by atoms with van der Waals surface area (Å²) >= 11 is 0. The number of sulfonamides is 1. The summed E-state index contributed by atoms with van der Waals surface area (Å²) in [5.41, 5.74) is 0.985. The number of likely N-dealkylation sites (N-methyl/N-ethyl adjacent to an activating group) is 1. The molecule has 1 saturated heterocycles. The highest BCUT2D eigenvalue weighted by Gasteiger charge is 2.34. The van der Waals surface area contributed by atoms with Crippen LogP contribution in [0.5, 0.6) is 0 Å². The normalized spacial score (nSPS) is 20.5. The molecule has 0 amide bonds. The molecule has 1 aromatic heterocycles. The molecule has 1 atom stereocenters. The lowest BCUT2D eigenvalue weighted by Gasteiger charge is -2.19. The number of aromatic nitrogens is 1. The lowest BCUT2D eigenvalue weighted by Crippen LogP contribution is -2.34. The van der Waals surface area contributed by atoms with E-state index in [1.807, 2.05) is 32.6 Å². The molecule has 0 aliphatic carbocycles. The fraction of sp³-hybridized carbons (Fsp3) is 0.714. The lowest BCUT2D eigenvalue weighted by molar-refractivity contribution is 0.302. The summed E-state index contributed by atoms with van der Waals surface area (Å²) in [4.78, 5) is 2.49. The van der Waals surface area contributed by atoms with Gasteiger partial charge in [-0.2, -0.15) is 4.31 Å². The third-order valence-electron chi connectivity index (χ3n) is 4.13. The first-order valence-electron chi connectivity index (χ1n) is 7.38. The number of aryl methyl sites for hydroxylation is 1. The van der Waals surface area contributed by atoms with E-state index in [-0.39, 0.29) is 0 Å². The van der Waals surface area contributed by atoms with E-state index in [1.165, 1.54) is 0 Å². The Kier molecular flexibility index (Phi) is 5.08. The highest BCUT2D eigenvalue weighted by atomic mass is 32.2. The number of nitrogens with one attached hydrogen (secondary N) is 1. The molecule has 0 bridgehead atoms.